The van der Waals surface area contributed by atoms with Crippen LogP contribution in [0.2, 0.25) is 0 Å². The van der Waals surface area contributed by atoms with Gasteiger partial charge in [-0.15, -0.1) is 10.2 Å². The van der Waals surface area contributed by atoms with Crippen LogP contribution in [0.3, 0.4) is 0 Å². The number of fused-ring (bicyclic) bond motifs is 3. The number of hydrogen-bond acceptors (Lipinski definition) is 6. The monoisotopic (exact) mass is 353 g/mol. The zero-order valence-corrected chi connectivity index (χ0v) is 15.2. The van der Waals surface area contributed by atoms with Crippen LogP contribution in [0.1, 0.15) is 24.5 Å². The van der Waals surface area contributed by atoms with Gasteiger partial charge in [-0.05, 0) is 38.8 Å². The Bertz CT molecular complexity index is 921. The predicted molar refractivity (Wildman–Crippen MR) is 98.6 cm³/mol. The fourth-order valence-corrected chi connectivity index (χ4v) is 4.08. The summed E-state index contributed by atoms with van der Waals surface area (Å²) >= 11 is 0. The van der Waals surface area contributed by atoms with E-state index in [1.54, 1.807) is 0 Å². The van der Waals surface area contributed by atoms with Crippen molar-refractivity contribution in [3.05, 3.63) is 35.9 Å². The molecule has 0 amide bonds. The molecule has 0 bridgehead atoms. The normalized spacial score (nSPS) is 20.2. The number of para-hydroxylation sites is 2. The summed E-state index contributed by atoms with van der Waals surface area (Å²) in [4.78, 5) is 7.22. The Hall–Kier alpha value is -2.61. The van der Waals surface area contributed by atoms with E-state index in [0.29, 0.717) is 0 Å². The summed E-state index contributed by atoms with van der Waals surface area (Å²) in [7, 11) is 0. The zero-order valence-electron chi connectivity index (χ0n) is 15.2. The largest absolute Gasteiger partial charge is 0.376 e. The maximum Gasteiger partial charge on any atom is 0.209 e. The fourth-order valence-electron chi connectivity index (χ4n) is 4.08. The Balaban J connectivity index is 1.58. The lowest BCUT2D eigenvalue weighted by Crippen LogP contribution is -2.52. The standard InChI is InChI=1S/C18H23N7O/c1-13-20-21-14(2)25(13)23-11-22(10-15-6-5-9-26-15)18-19-16-7-3-4-8-17(16)24(18)12-23/h3-4,7-8,15H,5-6,9-12H2,1-2H3/t15-/m1/s1. The first-order valence-corrected chi connectivity index (χ1v) is 9.16. The molecule has 1 saturated heterocycles. The van der Waals surface area contributed by atoms with Crippen molar-refractivity contribution in [1.82, 2.24) is 24.4 Å². The highest BCUT2D eigenvalue weighted by Gasteiger charge is 2.30. The fraction of sp³-hybridized carbons (Fsp3) is 0.500. The average Bonchev–Trinajstić information content (AvgIpc) is 3.35. The highest BCUT2D eigenvalue weighted by molar-refractivity contribution is 5.79. The number of nitrogens with zero attached hydrogens (tertiary/aromatic N) is 7. The maximum atomic E-state index is 5.89. The van der Waals surface area contributed by atoms with Crippen molar-refractivity contribution in [2.75, 3.05) is 29.7 Å². The molecule has 2 aliphatic rings. The molecular weight excluding hydrogens is 330 g/mol. The van der Waals surface area contributed by atoms with Crippen molar-refractivity contribution < 1.29 is 4.74 Å². The second kappa shape index (κ2) is 5.98. The molecule has 5 rings (SSSR count). The third kappa shape index (κ3) is 2.44. The minimum absolute atomic E-state index is 0.270. The van der Waals surface area contributed by atoms with Crippen LogP contribution < -0.4 is 9.91 Å². The number of rotatable bonds is 3. The molecule has 1 atom stereocenters. The molecule has 1 fully saturated rings. The van der Waals surface area contributed by atoms with Gasteiger partial charge in [-0.2, -0.15) is 0 Å². The van der Waals surface area contributed by atoms with Crippen LogP contribution >= 0.6 is 0 Å². The van der Waals surface area contributed by atoms with Crippen LogP contribution in [0.5, 0.6) is 0 Å². The molecule has 136 valence electrons. The molecule has 3 aromatic rings. The smallest absolute Gasteiger partial charge is 0.209 e. The lowest BCUT2D eigenvalue weighted by Gasteiger charge is -2.39. The second-order valence-electron chi connectivity index (χ2n) is 7.08. The average molecular weight is 353 g/mol. The number of anilines is 1. The molecule has 2 aromatic heterocycles. The summed E-state index contributed by atoms with van der Waals surface area (Å²) in [5.41, 5.74) is 2.17. The summed E-state index contributed by atoms with van der Waals surface area (Å²) in [6.07, 6.45) is 2.52. The molecule has 4 heterocycles. The lowest BCUT2D eigenvalue weighted by molar-refractivity contribution is 0.114. The first-order chi connectivity index (χ1) is 12.7. The van der Waals surface area contributed by atoms with Crippen molar-refractivity contribution in [1.29, 1.82) is 0 Å². The Morgan fingerprint density at radius 2 is 1.92 bits per heavy atom. The molecular formula is C18H23N7O. The van der Waals surface area contributed by atoms with E-state index in [1.165, 1.54) is 0 Å². The number of benzene rings is 1. The van der Waals surface area contributed by atoms with Crippen molar-refractivity contribution >= 4 is 17.0 Å². The van der Waals surface area contributed by atoms with Gasteiger partial charge in [-0.3, -0.25) is 9.58 Å². The van der Waals surface area contributed by atoms with E-state index in [1.807, 2.05) is 19.9 Å². The summed E-state index contributed by atoms with van der Waals surface area (Å²) in [6, 6.07) is 8.31. The maximum absolute atomic E-state index is 5.89. The third-order valence-electron chi connectivity index (χ3n) is 5.24. The van der Waals surface area contributed by atoms with E-state index < -0.39 is 0 Å². The summed E-state index contributed by atoms with van der Waals surface area (Å²) in [6.45, 7) is 7.15. The van der Waals surface area contributed by atoms with E-state index >= 15 is 0 Å². The van der Waals surface area contributed by atoms with E-state index in [4.69, 9.17) is 9.72 Å². The van der Waals surface area contributed by atoms with Crippen LogP contribution in [0, 0.1) is 13.8 Å². The minimum atomic E-state index is 0.270. The van der Waals surface area contributed by atoms with Gasteiger partial charge in [0, 0.05) is 13.2 Å². The molecule has 0 unspecified atom stereocenters. The van der Waals surface area contributed by atoms with Crippen molar-refractivity contribution in [3.63, 3.8) is 0 Å². The third-order valence-corrected chi connectivity index (χ3v) is 5.24. The number of imidazole rings is 1. The van der Waals surface area contributed by atoms with Gasteiger partial charge >= 0.3 is 0 Å². The van der Waals surface area contributed by atoms with Crippen LogP contribution in [-0.2, 0) is 11.4 Å². The summed E-state index contributed by atoms with van der Waals surface area (Å²) in [5, 5.41) is 10.7. The SMILES string of the molecule is Cc1nnc(C)n1N1CN(C[C@H]2CCCO2)c2nc3ccccc3n2C1. The van der Waals surface area contributed by atoms with Gasteiger partial charge < -0.3 is 9.64 Å². The Labute approximate surface area is 152 Å². The van der Waals surface area contributed by atoms with E-state index in [9.17, 15) is 0 Å². The molecule has 0 radical (unpaired) electrons. The van der Waals surface area contributed by atoms with Gasteiger partial charge in [-0.25, -0.2) is 9.66 Å². The van der Waals surface area contributed by atoms with Gasteiger partial charge in [-0.1, -0.05) is 12.1 Å². The molecule has 0 N–H and O–H groups in total. The van der Waals surface area contributed by atoms with E-state index in [-0.39, 0.29) is 6.10 Å². The molecule has 0 aliphatic carbocycles. The number of hydrogen-bond donors (Lipinski definition) is 0. The molecule has 8 nitrogen and oxygen atoms in total. The molecule has 1 aromatic carbocycles. The molecule has 2 aliphatic heterocycles. The number of aromatic nitrogens is 5. The topological polar surface area (TPSA) is 64.2 Å². The van der Waals surface area contributed by atoms with Gasteiger partial charge in [0.25, 0.3) is 0 Å². The summed E-state index contributed by atoms with van der Waals surface area (Å²) < 4.78 is 10.3. The first-order valence-electron chi connectivity index (χ1n) is 9.16. The minimum Gasteiger partial charge on any atom is -0.376 e. The molecule has 0 spiro atoms. The summed E-state index contributed by atoms with van der Waals surface area (Å²) in [5.74, 6) is 2.81. The first kappa shape index (κ1) is 15.6. The molecule has 26 heavy (non-hydrogen) atoms. The quantitative estimate of drug-likeness (QED) is 0.715. The van der Waals surface area contributed by atoms with Crippen LogP contribution in [0.25, 0.3) is 11.0 Å². The van der Waals surface area contributed by atoms with Crippen LogP contribution in [0.4, 0.5) is 5.95 Å². The number of ether oxygens (including phenoxy) is 1. The van der Waals surface area contributed by atoms with E-state index in [0.717, 1.165) is 68.0 Å². The van der Waals surface area contributed by atoms with Gasteiger partial charge in [0.15, 0.2) is 0 Å². The Kier molecular flexibility index (Phi) is 3.59. The molecule has 0 saturated carbocycles. The highest BCUT2D eigenvalue weighted by Crippen LogP contribution is 2.28. The van der Waals surface area contributed by atoms with Gasteiger partial charge in [0.2, 0.25) is 5.95 Å². The van der Waals surface area contributed by atoms with Gasteiger partial charge in [0.1, 0.15) is 25.0 Å². The number of aryl methyl sites for hydroxylation is 2. The van der Waals surface area contributed by atoms with Crippen LogP contribution in [0.15, 0.2) is 24.3 Å². The zero-order chi connectivity index (χ0) is 17.7. The molecule has 8 heteroatoms. The Morgan fingerprint density at radius 1 is 1.12 bits per heavy atom. The highest BCUT2D eigenvalue weighted by atomic mass is 16.5. The van der Waals surface area contributed by atoms with Crippen molar-refractivity contribution in [2.24, 2.45) is 0 Å². The van der Waals surface area contributed by atoms with E-state index in [2.05, 4.69) is 47.5 Å². The van der Waals surface area contributed by atoms with Gasteiger partial charge in [0.05, 0.1) is 17.1 Å². The van der Waals surface area contributed by atoms with Crippen molar-refractivity contribution in [2.45, 2.75) is 39.5 Å². The predicted octanol–water partition coefficient (Wildman–Crippen LogP) is 1.80. The Morgan fingerprint density at radius 3 is 2.69 bits per heavy atom. The lowest BCUT2D eigenvalue weighted by atomic mass is 10.2. The van der Waals surface area contributed by atoms with Crippen LogP contribution in [-0.4, -0.2) is 50.3 Å². The van der Waals surface area contributed by atoms with Crippen molar-refractivity contribution in [3.8, 4) is 0 Å². The second-order valence-corrected chi connectivity index (χ2v) is 7.08.